The minimum absolute atomic E-state index is 0.00611. The van der Waals surface area contributed by atoms with E-state index in [9.17, 15) is 9.90 Å². The van der Waals surface area contributed by atoms with Gasteiger partial charge in [-0.1, -0.05) is 54.1 Å². The number of aliphatic hydroxyl groups is 1. The number of nitrogens with one attached hydrogen (secondary N) is 1. The molecule has 2 N–H and O–H groups in total. The topological polar surface area (TPSA) is 52.6 Å². The van der Waals surface area contributed by atoms with E-state index >= 15 is 0 Å². The summed E-state index contributed by atoms with van der Waals surface area (Å²) in [6, 6.07) is 16.2. The van der Waals surface area contributed by atoms with Gasteiger partial charge in [0, 0.05) is 13.1 Å². The van der Waals surface area contributed by atoms with E-state index in [1.807, 2.05) is 49.4 Å². The molecule has 4 heteroatoms. The number of fused-ring (bicyclic) bond motifs is 1. The fourth-order valence-corrected chi connectivity index (χ4v) is 3.25. The van der Waals surface area contributed by atoms with E-state index < -0.39 is 0 Å². The summed E-state index contributed by atoms with van der Waals surface area (Å²) in [6.07, 6.45) is 0.915. The van der Waals surface area contributed by atoms with Crippen molar-refractivity contribution in [1.82, 2.24) is 10.2 Å². The van der Waals surface area contributed by atoms with Gasteiger partial charge in [0.25, 0.3) is 0 Å². The summed E-state index contributed by atoms with van der Waals surface area (Å²) < 4.78 is 0. The first-order valence-corrected chi connectivity index (χ1v) is 8.42. The maximum atomic E-state index is 12.3. The molecule has 24 heavy (non-hydrogen) atoms. The third-order valence-corrected chi connectivity index (χ3v) is 4.65. The predicted octanol–water partition coefficient (Wildman–Crippen LogP) is 2.20. The number of amides is 1. The molecule has 0 radical (unpaired) electrons. The fourth-order valence-electron chi connectivity index (χ4n) is 3.25. The average molecular weight is 324 g/mol. The fraction of sp³-hybridized carbons (Fsp3) is 0.350. The second-order valence-corrected chi connectivity index (χ2v) is 6.38. The number of nitrogens with zero attached hydrogens (tertiary/aromatic N) is 1. The van der Waals surface area contributed by atoms with Crippen LogP contribution >= 0.6 is 0 Å². The second-order valence-electron chi connectivity index (χ2n) is 6.38. The first-order chi connectivity index (χ1) is 11.7. The van der Waals surface area contributed by atoms with Crippen molar-refractivity contribution in [3.63, 3.8) is 0 Å². The Balaban J connectivity index is 1.59. The molecule has 1 atom stereocenters. The molecule has 0 aromatic heterocycles. The van der Waals surface area contributed by atoms with Gasteiger partial charge in [-0.2, -0.15) is 0 Å². The van der Waals surface area contributed by atoms with Crippen molar-refractivity contribution in [3.8, 4) is 0 Å². The Kier molecular flexibility index (Phi) is 5.28. The molecule has 4 nitrogen and oxygen atoms in total. The zero-order chi connectivity index (χ0) is 16.9. The molecule has 0 saturated heterocycles. The van der Waals surface area contributed by atoms with Crippen molar-refractivity contribution in [2.75, 3.05) is 19.7 Å². The van der Waals surface area contributed by atoms with E-state index in [2.05, 4.69) is 16.3 Å². The van der Waals surface area contributed by atoms with Crippen LogP contribution in [0.3, 0.4) is 0 Å². The van der Waals surface area contributed by atoms with Crippen molar-refractivity contribution in [2.24, 2.45) is 0 Å². The minimum atomic E-state index is -0.0972. The van der Waals surface area contributed by atoms with Gasteiger partial charge in [-0.3, -0.25) is 9.69 Å². The highest BCUT2D eigenvalue weighted by atomic mass is 16.3. The van der Waals surface area contributed by atoms with Crippen LogP contribution in [0, 0.1) is 6.92 Å². The van der Waals surface area contributed by atoms with Gasteiger partial charge in [0.05, 0.1) is 19.2 Å². The summed E-state index contributed by atoms with van der Waals surface area (Å²) in [5.41, 5.74) is 4.71. The Bertz CT molecular complexity index is 697. The van der Waals surface area contributed by atoms with E-state index in [-0.39, 0.29) is 18.6 Å². The van der Waals surface area contributed by atoms with Crippen LogP contribution in [0.5, 0.6) is 0 Å². The quantitative estimate of drug-likeness (QED) is 0.886. The summed E-state index contributed by atoms with van der Waals surface area (Å²) in [5, 5.41) is 12.8. The number of hydrogen-bond acceptors (Lipinski definition) is 3. The standard InChI is InChI=1S/C20H24N2O2/c1-15-6-8-16(9-7-15)12-21-20(24)13-22-11-10-17-4-2-3-5-18(17)19(22)14-23/h2-9,19,23H,10-14H2,1H3,(H,21,24). The summed E-state index contributed by atoms with van der Waals surface area (Å²) in [6.45, 7) is 3.72. The monoisotopic (exact) mass is 324 g/mol. The minimum Gasteiger partial charge on any atom is -0.394 e. The first kappa shape index (κ1) is 16.7. The van der Waals surface area contributed by atoms with E-state index in [0.29, 0.717) is 13.1 Å². The van der Waals surface area contributed by atoms with Gasteiger partial charge in [0.15, 0.2) is 0 Å². The molecule has 0 spiro atoms. The number of carbonyl (C=O) groups is 1. The summed E-state index contributed by atoms with van der Waals surface area (Å²) >= 11 is 0. The van der Waals surface area contributed by atoms with Gasteiger partial charge >= 0.3 is 0 Å². The highest BCUT2D eigenvalue weighted by Gasteiger charge is 2.27. The van der Waals surface area contributed by atoms with Gasteiger partial charge in [-0.15, -0.1) is 0 Å². The van der Waals surface area contributed by atoms with Gasteiger partial charge in [0.1, 0.15) is 0 Å². The van der Waals surface area contributed by atoms with Crippen LogP contribution in [0.25, 0.3) is 0 Å². The lowest BCUT2D eigenvalue weighted by molar-refractivity contribution is -0.123. The summed E-state index contributed by atoms with van der Waals surface area (Å²) in [5.74, 6) is -0.00611. The lowest BCUT2D eigenvalue weighted by Crippen LogP contribution is -2.43. The molecule has 2 aromatic carbocycles. The smallest absolute Gasteiger partial charge is 0.234 e. The highest BCUT2D eigenvalue weighted by Crippen LogP contribution is 2.28. The van der Waals surface area contributed by atoms with Gasteiger partial charge in [0.2, 0.25) is 5.91 Å². The van der Waals surface area contributed by atoms with Gasteiger partial charge < -0.3 is 10.4 Å². The third kappa shape index (κ3) is 3.83. The van der Waals surface area contributed by atoms with Crippen molar-refractivity contribution in [1.29, 1.82) is 0 Å². The van der Waals surface area contributed by atoms with Crippen molar-refractivity contribution < 1.29 is 9.90 Å². The van der Waals surface area contributed by atoms with Gasteiger partial charge in [-0.05, 0) is 30.0 Å². The SMILES string of the molecule is Cc1ccc(CNC(=O)CN2CCc3ccccc3C2CO)cc1. The molecule has 1 unspecified atom stereocenters. The Hall–Kier alpha value is -2.17. The zero-order valence-electron chi connectivity index (χ0n) is 14.0. The highest BCUT2D eigenvalue weighted by molar-refractivity contribution is 5.78. The number of aryl methyl sites for hydroxylation is 1. The Morgan fingerprint density at radius 3 is 2.71 bits per heavy atom. The largest absolute Gasteiger partial charge is 0.394 e. The number of benzene rings is 2. The molecule has 1 aliphatic rings. The van der Waals surface area contributed by atoms with Crippen LogP contribution in [-0.2, 0) is 17.8 Å². The number of hydrogen-bond donors (Lipinski definition) is 2. The third-order valence-electron chi connectivity index (χ3n) is 4.65. The Morgan fingerprint density at radius 2 is 1.96 bits per heavy atom. The van der Waals surface area contributed by atoms with E-state index in [1.54, 1.807) is 0 Å². The number of carbonyl (C=O) groups excluding carboxylic acids is 1. The normalized spacial score (nSPS) is 17.3. The molecule has 0 aliphatic carbocycles. The number of aliphatic hydroxyl groups excluding tert-OH is 1. The molecule has 3 rings (SSSR count). The zero-order valence-corrected chi connectivity index (χ0v) is 14.0. The van der Waals surface area contributed by atoms with Crippen LogP contribution in [0.4, 0.5) is 0 Å². The molecule has 126 valence electrons. The number of rotatable bonds is 5. The van der Waals surface area contributed by atoms with Crippen LogP contribution < -0.4 is 5.32 Å². The van der Waals surface area contributed by atoms with Crippen LogP contribution in [0.15, 0.2) is 48.5 Å². The summed E-state index contributed by atoms with van der Waals surface area (Å²) in [4.78, 5) is 14.4. The maximum absolute atomic E-state index is 12.3. The van der Waals surface area contributed by atoms with Crippen molar-refractivity contribution in [3.05, 3.63) is 70.8 Å². The predicted molar refractivity (Wildman–Crippen MR) is 94.6 cm³/mol. The molecule has 0 saturated carbocycles. The lowest BCUT2D eigenvalue weighted by atomic mass is 9.93. The van der Waals surface area contributed by atoms with Crippen LogP contribution in [0.2, 0.25) is 0 Å². The van der Waals surface area contributed by atoms with E-state index in [4.69, 9.17) is 0 Å². The van der Waals surface area contributed by atoms with E-state index in [0.717, 1.165) is 24.1 Å². The molecule has 1 aliphatic heterocycles. The lowest BCUT2D eigenvalue weighted by Gasteiger charge is -2.35. The Morgan fingerprint density at radius 1 is 1.21 bits per heavy atom. The first-order valence-electron chi connectivity index (χ1n) is 8.42. The van der Waals surface area contributed by atoms with Gasteiger partial charge in [-0.25, -0.2) is 0 Å². The maximum Gasteiger partial charge on any atom is 0.234 e. The molecule has 0 bridgehead atoms. The van der Waals surface area contributed by atoms with E-state index in [1.165, 1.54) is 11.1 Å². The molecular weight excluding hydrogens is 300 g/mol. The van der Waals surface area contributed by atoms with Crippen molar-refractivity contribution in [2.45, 2.75) is 25.9 Å². The second kappa shape index (κ2) is 7.60. The molecule has 0 fully saturated rings. The molecule has 1 amide bonds. The molecule has 2 aromatic rings. The average Bonchev–Trinajstić information content (AvgIpc) is 2.61. The van der Waals surface area contributed by atoms with Crippen LogP contribution in [0.1, 0.15) is 28.3 Å². The summed E-state index contributed by atoms with van der Waals surface area (Å²) in [7, 11) is 0. The Labute approximate surface area is 143 Å². The van der Waals surface area contributed by atoms with Crippen molar-refractivity contribution >= 4 is 5.91 Å². The van der Waals surface area contributed by atoms with Crippen LogP contribution in [-0.4, -0.2) is 35.6 Å². The molecular formula is C20H24N2O2. The molecule has 1 heterocycles.